The summed E-state index contributed by atoms with van der Waals surface area (Å²) in [4.78, 5) is 18.3. The number of nitrogens with one attached hydrogen (secondary N) is 1. The number of hydrogen-bond acceptors (Lipinski definition) is 3. The van der Waals surface area contributed by atoms with Gasteiger partial charge in [-0.3, -0.25) is 4.79 Å². The monoisotopic (exact) mass is 434 g/mol. The number of amides is 1. The van der Waals surface area contributed by atoms with Crippen LogP contribution in [-0.4, -0.2) is 45.8 Å². The fourth-order valence-electron chi connectivity index (χ4n) is 4.35. The van der Waals surface area contributed by atoms with Gasteiger partial charge >= 0.3 is 0 Å². The Morgan fingerprint density at radius 3 is 2.74 bits per heavy atom. The average molecular weight is 435 g/mol. The number of halogens is 1. The van der Waals surface area contributed by atoms with E-state index in [2.05, 4.69) is 22.3 Å². The van der Waals surface area contributed by atoms with Gasteiger partial charge < -0.3 is 14.6 Å². The number of piperidine rings is 1. The molecule has 6 nitrogen and oxygen atoms in total. The molecule has 158 valence electrons. The van der Waals surface area contributed by atoms with Gasteiger partial charge in [0.15, 0.2) is 5.69 Å². The topological polar surface area (TPSA) is 63.1 Å². The van der Waals surface area contributed by atoms with Crippen molar-refractivity contribution < 1.29 is 9.53 Å². The normalized spacial score (nSPS) is 14.8. The zero-order chi connectivity index (χ0) is 21.4. The van der Waals surface area contributed by atoms with Crippen molar-refractivity contribution in [3.05, 3.63) is 77.2 Å². The van der Waals surface area contributed by atoms with E-state index in [-0.39, 0.29) is 5.91 Å². The number of aromatic amines is 1. The Hall–Kier alpha value is -3.25. The van der Waals surface area contributed by atoms with Crippen molar-refractivity contribution in [3.63, 3.8) is 0 Å². The minimum atomic E-state index is -0.0372. The van der Waals surface area contributed by atoms with Crippen molar-refractivity contribution in [2.45, 2.75) is 18.8 Å². The van der Waals surface area contributed by atoms with Gasteiger partial charge in [-0.05, 0) is 60.7 Å². The summed E-state index contributed by atoms with van der Waals surface area (Å²) in [5.41, 5.74) is 3.61. The molecular weight excluding hydrogens is 412 g/mol. The molecule has 2 aromatic carbocycles. The Morgan fingerprint density at radius 2 is 1.97 bits per heavy atom. The van der Waals surface area contributed by atoms with Crippen LogP contribution in [0.25, 0.3) is 16.6 Å². The molecule has 2 aromatic heterocycles. The lowest BCUT2D eigenvalue weighted by molar-refractivity contribution is 0.0707. The average Bonchev–Trinajstić information content (AvgIpc) is 3.46. The molecule has 1 fully saturated rings. The van der Waals surface area contributed by atoms with Crippen molar-refractivity contribution in [1.29, 1.82) is 0 Å². The third-order valence-electron chi connectivity index (χ3n) is 6.05. The molecule has 1 aliphatic rings. The molecule has 0 bridgehead atoms. The maximum Gasteiger partial charge on any atom is 0.274 e. The molecule has 31 heavy (non-hydrogen) atoms. The lowest BCUT2D eigenvalue weighted by Crippen LogP contribution is -2.38. The number of aromatic nitrogens is 3. The minimum absolute atomic E-state index is 0.0372. The summed E-state index contributed by atoms with van der Waals surface area (Å²) in [6, 6.07) is 15.3. The van der Waals surface area contributed by atoms with Crippen molar-refractivity contribution in [3.8, 4) is 11.4 Å². The molecular formula is C24H23ClN4O2. The number of para-hydroxylation sites is 1. The molecule has 5 rings (SSSR count). The van der Waals surface area contributed by atoms with E-state index in [1.807, 2.05) is 41.3 Å². The van der Waals surface area contributed by atoms with Gasteiger partial charge in [-0.25, -0.2) is 4.68 Å². The molecule has 7 heteroatoms. The van der Waals surface area contributed by atoms with Crippen LogP contribution < -0.4 is 4.74 Å². The first-order valence-corrected chi connectivity index (χ1v) is 10.8. The number of hydrogen-bond donors (Lipinski definition) is 1. The van der Waals surface area contributed by atoms with Crippen LogP contribution in [0.15, 0.2) is 60.9 Å². The Bertz CT molecular complexity index is 1240. The second kappa shape index (κ2) is 8.12. The molecule has 1 amide bonds. The molecule has 0 radical (unpaired) electrons. The molecule has 0 spiro atoms. The molecule has 1 aliphatic heterocycles. The molecule has 1 N–H and O–H groups in total. The van der Waals surface area contributed by atoms with Crippen LogP contribution in [0.1, 0.15) is 34.8 Å². The number of fused-ring (bicyclic) bond motifs is 1. The maximum absolute atomic E-state index is 13.0. The Kier molecular flexibility index (Phi) is 5.16. The fourth-order valence-corrected chi connectivity index (χ4v) is 4.57. The Morgan fingerprint density at radius 1 is 1.16 bits per heavy atom. The van der Waals surface area contributed by atoms with Gasteiger partial charge in [0.25, 0.3) is 5.91 Å². The first kappa shape index (κ1) is 19.7. The number of benzene rings is 2. The first-order valence-electron chi connectivity index (χ1n) is 10.4. The molecule has 0 atom stereocenters. The lowest BCUT2D eigenvalue weighted by Gasteiger charge is -2.31. The second-order valence-corrected chi connectivity index (χ2v) is 8.23. The number of ether oxygens (including phenoxy) is 1. The van der Waals surface area contributed by atoms with Crippen LogP contribution >= 0.6 is 11.6 Å². The van der Waals surface area contributed by atoms with E-state index in [4.69, 9.17) is 16.3 Å². The summed E-state index contributed by atoms with van der Waals surface area (Å²) in [7, 11) is 1.69. The lowest BCUT2D eigenvalue weighted by atomic mass is 9.89. The number of methoxy groups -OCH3 is 1. The highest BCUT2D eigenvalue weighted by molar-refractivity contribution is 6.32. The van der Waals surface area contributed by atoms with Crippen LogP contribution in [0.4, 0.5) is 0 Å². The van der Waals surface area contributed by atoms with E-state index < -0.39 is 0 Å². The Labute approximate surface area is 185 Å². The van der Waals surface area contributed by atoms with Crippen molar-refractivity contribution in [2.24, 2.45) is 0 Å². The van der Waals surface area contributed by atoms with Gasteiger partial charge in [-0.2, -0.15) is 5.10 Å². The standard InChI is InChI=1S/C24H23ClN4O2/c1-31-17-6-7-21-18(14-17)19(15-26-21)16-8-11-28(12-9-16)24(30)22-10-13-29(27-22)23-5-3-2-4-20(23)25/h2-7,10,13-16,26H,8-9,11-12H2,1H3. The number of rotatable bonds is 4. The van der Waals surface area contributed by atoms with Crippen LogP contribution in [0, 0.1) is 0 Å². The van der Waals surface area contributed by atoms with Crippen molar-refractivity contribution in [2.75, 3.05) is 20.2 Å². The van der Waals surface area contributed by atoms with Gasteiger partial charge in [0.1, 0.15) is 5.75 Å². The number of likely N-dealkylation sites (tertiary alicyclic amines) is 1. The number of carbonyl (C=O) groups excluding carboxylic acids is 1. The summed E-state index contributed by atoms with van der Waals surface area (Å²) < 4.78 is 7.04. The summed E-state index contributed by atoms with van der Waals surface area (Å²) >= 11 is 6.26. The van der Waals surface area contributed by atoms with Gasteiger partial charge in [-0.1, -0.05) is 23.7 Å². The van der Waals surface area contributed by atoms with Crippen LogP contribution in [0.3, 0.4) is 0 Å². The van der Waals surface area contributed by atoms with E-state index in [0.29, 0.717) is 29.7 Å². The molecule has 4 aromatic rings. The predicted octanol–water partition coefficient (Wildman–Crippen LogP) is 5.04. The zero-order valence-corrected chi connectivity index (χ0v) is 18.0. The van der Waals surface area contributed by atoms with Crippen LogP contribution in [-0.2, 0) is 0 Å². The highest BCUT2D eigenvalue weighted by Crippen LogP contribution is 2.35. The van der Waals surface area contributed by atoms with Gasteiger partial charge in [0.05, 0.1) is 17.8 Å². The van der Waals surface area contributed by atoms with E-state index >= 15 is 0 Å². The number of H-pyrrole nitrogens is 1. The van der Waals surface area contributed by atoms with Gasteiger partial charge in [0.2, 0.25) is 0 Å². The second-order valence-electron chi connectivity index (χ2n) is 7.82. The fraction of sp³-hybridized carbons (Fsp3) is 0.250. The SMILES string of the molecule is COc1ccc2[nH]cc(C3CCN(C(=O)c4ccn(-c5ccccc5Cl)n4)CC3)c2c1. The third kappa shape index (κ3) is 3.68. The van der Waals surface area contributed by atoms with E-state index in [1.165, 1.54) is 10.9 Å². The van der Waals surface area contributed by atoms with E-state index in [1.54, 1.807) is 24.1 Å². The van der Waals surface area contributed by atoms with E-state index in [9.17, 15) is 4.79 Å². The van der Waals surface area contributed by atoms with Crippen molar-refractivity contribution >= 4 is 28.4 Å². The summed E-state index contributed by atoms with van der Waals surface area (Å²) in [5, 5.41) is 6.26. The summed E-state index contributed by atoms with van der Waals surface area (Å²) in [6.07, 6.45) is 5.71. The predicted molar refractivity (Wildman–Crippen MR) is 121 cm³/mol. The van der Waals surface area contributed by atoms with Gasteiger partial charge in [-0.15, -0.1) is 0 Å². The summed E-state index contributed by atoms with van der Waals surface area (Å²) in [6.45, 7) is 1.41. The third-order valence-corrected chi connectivity index (χ3v) is 6.37. The maximum atomic E-state index is 13.0. The highest BCUT2D eigenvalue weighted by atomic mass is 35.5. The Balaban J connectivity index is 1.29. The van der Waals surface area contributed by atoms with Gasteiger partial charge in [0, 0.05) is 36.4 Å². The molecule has 3 heterocycles. The number of carbonyl (C=O) groups is 1. The largest absolute Gasteiger partial charge is 0.497 e. The highest BCUT2D eigenvalue weighted by Gasteiger charge is 2.27. The van der Waals surface area contributed by atoms with Crippen molar-refractivity contribution in [1.82, 2.24) is 19.7 Å². The smallest absolute Gasteiger partial charge is 0.274 e. The molecule has 0 unspecified atom stereocenters. The molecule has 0 aliphatic carbocycles. The molecule has 0 saturated carbocycles. The summed E-state index contributed by atoms with van der Waals surface area (Å²) in [5.74, 6) is 1.23. The van der Waals surface area contributed by atoms with Crippen LogP contribution in [0.5, 0.6) is 5.75 Å². The van der Waals surface area contributed by atoms with Crippen LogP contribution in [0.2, 0.25) is 5.02 Å². The minimum Gasteiger partial charge on any atom is -0.497 e. The first-order chi connectivity index (χ1) is 15.1. The molecule has 1 saturated heterocycles. The zero-order valence-electron chi connectivity index (χ0n) is 17.2. The quantitative estimate of drug-likeness (QED) is 0.489. The number of nitrogens with zero attached hydrogens (tertiary/aromatic N) is 3. The van der Waals surface area contributed by atoms with E-state index in [0.717, 1.165) is 29.8 Å².